The molecule has 2 atom stereocenters. The molecule has 1 aromatic heterocycles. The molecule has 1 aliphatic heterocycles. The fraction of sp³-hybridized carbons (Fsp3) is 0.360. The van der Waals surface area contributed by atoms with Gasteiger partial charge in [0.05, 0.1) is 28.0 Å². The first-order valence-corrected chi connectivity index (χ1v) is 13.1. The minimum Gasteiger partial charge on any atom is -0.467 e. The minimum atomic E-state index is -3.76. The van der Waals surface area contributed by atoms with Crippen LogP contribution >= 0.6 is 11.6 Å². The first-order chi connectivity index (χ1) is 16.3. The highest BCUT2D eigenvalue weighted by molar-refractivity contribution is 7.92. The number of rotatable bonds is 8. The van der Waals surface area contributed by atoms with Crippen LogP contribution in [0.2, 0.25) is 5.02 Å². The van der Waals surface area contributed by atoms with E-state index < -0.39 is 27.1 Å². The molecule has 1 fully saturated rings. The highest BCUT2D eigenvalue weighted by atomic mass is 35.5. The lowest BCUT2D eigenvalue weighted by molar-refractivity contribution is -0.141. The van der Waals surface area contributed by atoms with E-state index in [1.54, 1.807) is 18.2 Å². The number of esters is 1. The lowest BCUT2D eigenvalue weighted by Crippen LogP contribution is -2.38. The van der Waals surface area contributed by atoms with Crippen molar-refractivity contribution >= 4 is 33.2 Å². The topological polar surface area (TPSA) is 81.5 Å². The van der Waals surface area contributed by atoms with Crippen LogP contribution in [0.25, 0.3) is 0 Å². The van der Waals surface area contributed by atoms with Gasteiger partial charge >= 0.3 is 5.97 Å². The number of aromatic nitrogens is 2. The smallest absolute Gasteiger partial charge is 0.328 e. The van der Waals surface area contributed by atoms with Gasteiger partial charge in [0.25, 0.3) is 0 Å². The molecule has 2 heterocycles. The number of ether oxygens (including phenoxy) is 1. The zero-order valence-corrected chi connectivity index (χ0v) is 20.8. The number of halogens is 1. The Morgan fingerprint density at radius 2 is 1.85 bits per heavy atom. The van der Waals surface area contributed by atoms with Gasteiger partial charge in [0, 0.05) is 19.2 Å². The van der Waals surface area contributed by atoms with E-state index in [2.05, 4.69) is 17.2 Å². The number of benzene rings is 2. The van der Waals surface area contributed by atoms with Crippen molar-refractivity contribution in [2.24, 2.45) is 0 Å². The SMILES string of the molecule is COC(=O)C1C[C@@H](S(=O)(=O)c2ccccc2Cl)CN1c1cc(C)nn1CCCc1ccccc1. The molecular weight excluding hydrogens is 474 g/mol. The summed E-state index contributed by atoms with van der Waals surface area (Å²) in [4.78, 5) is 14.6. The van der Waals surface area contributed by atoms with E-state index in [4.69, 9.17) is 16.3 Å². The highest BCUT2D eigenvalue weighted by Gasteiger charge is 2.45. The van der Waals surface area contributed by atoms with Gasteiger partial charge in [-0.2, -0.15) is 5.10 Å². The quantitative estimate of drug-likeness (QED) is 0.433. The summed E-state index contributed by atoms with van der Waals surface area (Å²) in [5.74, 6) is 0.254. The third-order valence-electron chi connectivity index (χ3n) is 6.17. The number of aryl methyl sites for hydroxylation is 3. The van der Waals surface area contributed by atoms with E-state index in [-0.39, 0.29) is 22.9 Å². The average molecular weight is 502 g/mol. The predicted molar refractivity (Wildman–Crippen MR) is 132 cm³/mol. The van der Waals surface area contributed by atoms with Gasteiger partial charge in [0.15, 0.2) is 9.84 Å². The summed E-state index contributed by atoms with van der Waals surface area (Å²) < 4.78 is 33.7. The van der Waals surface area contributed by atoms with Gasteiger partial charge in [-0.05, 0) is 43.9 Å². The molecular formula is C25H28ClN3O4S. The third-order valence-corrected chi connectivity index (χ3v) is 8.80. The first kappa shape index (κ1) is 24.3. The standard InChI is InChI=1S/C25H28ClN3O4S/c1-18-15-24(29(27-18)14-8-11-19-9-4-3-5-10-19)28-17-20(16-22(28)25(30)33-2)34(31,32)23-13-7-6-12-21(23)26/h3-7,9-10,12-13,15,20,22H,8,11,14,16-17H2,1-2H3/t20-,22?/m1/s1. The fourth-order valence-electron chi connectivity index (χ4n) is 4.50. The molecule has 9 heteroatoms. The number of nitrogens with zero attached hydrogens (tertiary/aromatic N) is 3. The molecule has 2 aromatic carbocycles. The van der Waals surface area contributed by atoms with E-state index in [9.17, 15) is 13.2 Å². The van der Waals surface area contributed by atoms with E-state index in [0.717, 1.165) is 24.4 Å². The molecule has 0 saturated carbocycles. The third kappa shape index (κ3) is 4.98. The molecule has 1 unspecified atom stereocenters. The van der Waals surface area contributed by atoms with Gasteiger partial charge in [-0.3, -0.25) is 0 Å². The van der Waals surface area contributed by atoms with Crippen LogP contribution in [0.4, 0.5) is 5.82 Å². The van der Waals surface area contributed by atoms with Crippen molar-refractivity contribution in [2.75, 3.05) is 18.6 Å². The summed E-state index contributed by atoms with van der Waals surface area (Å²) in [5.41, 5.74) is 2.04. The molecule has 3 aromatic rings. The van der Waals surface area contributed by atoms with Crippen molar-refractivity contribution < 1.29 is 17.9 Å². The zero-order valence-electron chi connectivity index (χ0n) is 19.2. The lowest BCUT2D eigenvalue weighted by Gasteiger charge is -2.25. The van der Waals surface area contributed by atoms with Crippen molar-refractivity contribution in [1.29, 1.82) is 0 Å². The number of hydrogen-bond acceptors (Lipinski definition) is 6. The molecule has 7 nitrogen and oxygen atoms in total. The summed E-state index contributed by atoms with van der Waals surface area (Å²) in [6.07, 6.45) is 1.87. The minimum absolute atomic E-state index is 0.0830. The van der Waals surface area contributed by atoms with E-state index in [1.165, 1.54) is 18.7 Å². The Balaban J connectivity index is 1.60. The monoisotopic (exact) mass is 501 g/mol. The average Bonchev–Trinajstić information content (AvgIpc) is 3.43. The van der Waals surface area contributed by atoms with Gasteiger partial charge in [-0.1, -0.05) is 54.1 Å². The van der Waals surface area contributed by atoms with Crippen molar-refractivity contribution in [3.05, 3.63) is 76.9 Å². The van der Waals surface area contributed by atoms with E-state index >= 15 is 0 Å². The molecule has 0 N–H and O–H groups in total. The molecule has 0 aliphatic carbocycles. The van der Waals surface area contributed by atoms with Crippen molar-refractivity contribution in [2.45, 2.75) is 48.9 Å². The maximum absolute atomic E-state index is 13.4. The maximum Gasteiger partial charge on any atom is 0.328 e. The number of carbonyl (C=O) groups excluding carboxylic acids is 1. The first-order valence-electron chi connectivity index (χ1n) is 11.2. The van der Waals surface area contributed by atoms with Crippen molar-refractivity contribution in [1.82, 2.24) is 9.78 Å². The normalized spacial score (nSPS) is 18.3. The molecule has 34 heavy (non-hydrogen) atoms. The Labute approximate surface area is 205 Å². The maximum atomic E-state index is 13.4. The van der Waals surface area contributed by atoms with Gasteiger partial charge in [0.1, 0.15) is 11.9 Å². The van der Waals surface area contributed by atoms with Crippen molar-refractivity contribution in [3.8, 4) is 0 Å². The molecule has 0 bridgehead atoms. The van der Waals surface area contributed by atoms with Gasteiger partial charge in [-0.15, -0.1) is 0 Å². The molecule has 0 radical (unpaired) electrons. The molecule has 1 aliphatic rings. The van der Waals surface area contributed by atoms with Crippen molar-refractivity contribution in [3.63, 3.8) is 0 Å². The number of methoxy groups -OCH3 is 1. The molecule has 0 spiro atoms. The van der Waals surface area contributed by atoms with Gasteiger partial charge in [-0.25, -0.2) is 17.9 Å². The largest absolute Gasteiger partial charge is 0.467 e. The molecule has 4 rings (SSSR count). The van der Waals surface area contributed by atoms with Crippen LogP contribution in [-0.2, 0) is 32.3 Å². The van der Waals surface area contributed by atoms with Crippen LogP contribution in [0.3, 0.4) is 0 Å². The Hall–Kier alpha value is -2.84. The second-order valence-electron chi connectivity index (χ2n) is 8.48. The number of anilines is 1. The van der Waals surface area contributed by atoms with Crippen LogP contribution in [-0.4, -0.2) is 49.1 Å². The van der Waals surface area contributed by atoms with Crippen LogP contribution in [0.5, 0.6) is 0 Å². The summed E-state index contributed by atoms with van der Waals surface area (Å²) >= 11 is 6.20. The highest BCUT2D eigenvalue weighted by Crippen LogP contribution is 2.35. The van der Waals surface area contributed by atoms with Crippen LogP contribution in [0.1, 0.15) is 24.1 Å². The summed E-state index contributed by atoms with van der Waals surface area (Å²) in [6.45, 7) is 2.68. The Morgan fingerprint density at radius 3 is 2.56 bits per heavy atom. The Morgan fingerprint density at radius 1 is 1.15 bits per heavy atom. The second-order valence-corrected chi connectivity index (χ2v) is 11.1. The second kappa shape index (κ2) is 10.2. The molecule has 1 saturated heterocycles. The molecule has 0 amide bonds. The lowest BCUT2D eigenvalue weighted by atomic mass is 10.1. The number of carbonyl (C=O) groups is 1. The van der Waals surface area contributed by atoms with Crippen LogP contribution < -0.4 is 4.90 Å². The zero-order chi connectivity index (χ0) is 24.3. The summed E-state index contributed by atoms with van der Waals surface area (Å²) in [7, 11) is -2.44. The van der Waals surface area contributed by atoms with Gasteiger partial charge in [0.2, 0.25) is 0 Å². The van der Waals surface area contributed by atoms with E-state index in [0.29, 0.717) is 6.54 Å². The Bertz CT molecular complexity index is 1260. The summed E-state index contributed by atoms with van der Waals surface area (Å²) in [6, 6.07) is 17.8. The van der Waals surface area contributed by atoms with Crippen LogP contribution in [0, 0.1) is 6.92 Å². The van der Waals surface area contributed by atoms with Gasteiger partial charge < -0.3 is 9.64 Å². The van der Waals surface area contributed by atoms with Crippen LogP contribution in [0.15, 0.2) is 65.6 Å². The number of sulfone groups is 1. The predicted octanol–water partition coefficient (Wildman–Crippen LogP) is 4.07. The van der Waals surface area contributed by atoms with E-state index in [1.807, 2.05) is 40.8 Å². The fourth-order valence-corrected chi connectivity index (χ4v) is 6.71. The Kier molecular flexibility index (Phi) is 7.28. The number of hydrogen-bond donors (Lipinski definition) is 0. The summed E-state index contributed by atoms with van der Waals surface area (Å²) in [5, 5.41) is 3.99. The molecule has 180 valence electrons.